The summed E-state index contributed by atoms with van der Waals surface area (Å²) >= 11 is 0. The topological polar surface area (TPSA) is 69.2 Å². The van der Waals surface area contributed by atoms with Crippen LogP contribution in [0.3, 0.4) is 0 Å². The van der Waals surface area contributed by atoms with Gasteiger partial charge in [0, 0.05) is 17.7 Å². The first kappa shape index (κ1) is 16.9. The Morgan fingerprint density at radius 2 is 1.96 bits per heavy atom. The molecule has 3 aromatic rings. The number of aromatic nitrogens is 2. The van der Waals surface area contributed by atoms with E-state index in [4.69, 9.17) is 5.11 Å². The summed E-state index contributed by atoms with van der Waals surface area (Å²) < 4.78 is 0. The van der Waals surface area contributed by atoms with Gasteiger partial charge in [0.05, 0.1) is 11.0 Å². The van der Waals surface area contributed by atoms with Crippen LogP contribution in [-0.2, 0) is 6.54 Å². The number of nitrogens with one attached hydrogen (secondary N) is 1. The average molecular weight is 349 g/mol. The molecule has 0 atom stereocenters. The molecule has 5 nitrogen and oxygen atoms in total. The number of hydrogen-bond donors (Lipinski definition) is 2. The zero-order chi connectivity index (χ0) is 17.9. The number of Topliss-reactive ketones (excluding diaryl/α,β-unsaturated/α-hetero) is 1. The van der Waals surface area contributed by atoms with Gasteiger partial charge in [0.25, 0.3) is 0 Å². The number of carbonyl (C=O) groups is 1. The Morgan fingerprint density at radius 3 is 2.77 bits per heavy atom. The molecule has 1 aliphatic heterocycles. The molecule has 0 saturated carbocycles. The number of carbonyl (C=O) groups excluding carboxylic acids is 1. The Kier molecular flexibility index (Phi) is 4.82. The molecule has 0 spiro atoms. The lowest BCUT2D eigenvalue weighted by molar-refractivity contribution is 0.0904. The Morgan fingerprint density at radius 1 is 1.12 bits per heavy atom. The second kappa shape index (κ2) is 7.40. The summed E-state index contributed by atoms with van der Waals surface area (Å²) in [5, 5.41) is 9.03. The van der Waals surface area contributed by atoms with Crippen LogP contribution in [0.25, 0.3) is 22.4 Å². The number of rotatable bonds is 5. The normalized spacial score (nSPS) is 15.4. The molecule has 4 rings (SSSR count). The van der Waals surface area contributed by atoms with Gasteiger partial charge in [-0.3, -0.25) is 9.69 Å². The van der Waals surface area contributed by atoms with Crippen molar-refractivity contribution < 1.29 is 9.90 Å². The molecule has 2 N–H and O–H groups in total. The minimum Gasteiger partial charge on any atom is -0.388 e. The van der Waals surface area contributed by atoms with E-state index in [2.05, 4.69) is 39.1 Å². The van der Waals surface area contributed by atoms with Crippen molar-refractivity contribution in [2.45, 2.75) is 25.8 Å². The highest BCUT2D eigenvalue weighted by atomic mass is 16.3. The van der Waals surface area contributed by atoms with Crippen LogP contribution in [0.2, 0.25) is 0 Å². The minimum atomic E-state index is -0.481. The average Bonchev–Trinajstić information content (AvgIpc) is 3.12. The lowest BCUT2D eigenvalue weighted by atomic mass is 10.1. The van der Waals surface area contributed by atoms with Crippen molar-refractivity contribution in [3.05, 3.63) is 53.6 Å². The highest BCUT2D eigenvalue weighted by Crippen LogP contribution is 2.23. The van der Waals surface area contributed by atoms with Crippen molar-refractivity contribution in [3.63, 3.8) is 0 Å². The highest BCUT2D eigenvalue weighted by Gasteiger charge is 2.12. The molecule has 2 heterocycles. The number of nitrogens with zero attached hydrogens (tertiary/aromatic N) is 2. The lowest BCUT2D eigenvalue weighted by Crippen LogP contribution is -2.29. The van der Waals surface area contributed by atoms with E-state index in [1.807, 2.05) is 6.07 Å². The molecule has 0 bridgehead atoms. The third-order valence-electron chi connectivity index (χ3n) is 5.00. The predicted molar refractivity (Wildman–Crippen MR) is 102 cm³/mol. The summed E-state index contributed by atoms with van der Waals surface area (Å²) in [5.74, 6) is 0.515. The third kappa shape index (κ3) is 3.54. The number of aliphatic hydroxyl groups excluding tert-OH is 1. The number of imidazole rings is 1. The number of aromatic amines is 1. The molecular weight excluding hydrogens is 326 g/mol. The third-order valence-corrected chi connectivity index (χ3v) is 5.00. The molecule has 1 saturated heterocycles. The maximum absolute atomic E-state index is 11.7. The number of likely N-dealkylation sites (tertiary alicyclic amines) is 1. The zero-order valence-corrected chi connectivity index (χ0v) is 14.7. The van der Waals surface area contributed by atoms with E-state index in [0.29, 0.717) is 5.56 Å². The fourth-order valence-electron chi connectivity index (χ4n) is 3.60. The second-order valence-corrected chi connectivity index (χ2v) is 6.94. The van der Waals surface area contributed by atoms with Crippen LogP contribution in [-0.4, -0.2) is 45.5 Å². The molecule has 1 aromatic heterocycles. The maximum Gasteiger partial charge on any atom is 0.188 e. The van der Waals surface area contributed by atoms with Crippen LogP contribution >= 0.6 is 0 Å². The van der Waals surface area contributed by atoms with E-state index in [1.165, 1.54) is 37.9 Å². The van der Waals surface area contributed by atoms with Gasteiger partial charge in [-0.05, 0) is 55.8 Å². The molecule has 0 radical (unpaired) electrons. The van der Waals surface area contributed by atoms with Crippen molar-refractivity contribution in [2.24, 2.45) is 0 Å². The molecule has 0 aliphatic carbocycles. The second-order valence-electron chi connectivity index (χ2n) is 6.94. The summed E-state index contributed by atoms with van der Waals surface area (Å²) in [6.07, 6.45) is 3.92. The van der Waals surface area contributed by atoms with Crippen LogP contribution in [0.15, 0.2) is 42.5 Å². The Bertz CT molecular complexity index is 926. The van der Waals surface area contributed by atoms with Gasteiger partial charge < -0.3 is 10.1 Å². The standard InChI is InChI=1S/C21H23N3O2/c25-14-20(26)16-7-8-18-19(12-16)23-21(22-18)17-6-4-5-15(11-17)13-24-9-2-1-3-10-24/h4-8,11-12,25H,1-3,9-10,13-14H2,(H,22,23). The number of H-pyrrole nitrogens is 1. The molecule has 5 heteroatoms. The molecule has 2 aromatic carbocycles. The number of fused-ring (bicyclic) bond motifs is 1. The largest absolute Gasteiger partial charge is 0.388 e. The number of ketones is 1. The van der Waals surface area contributed by atoms with Gasteiger partial charge in [-0.2, -0.15) is 0 Å². The molecule has 1 aliphatic rings. The van der Waals surface area contributed by atoms with Crippen molar-refractivity contribution in [2.75, 3.05) is 19.7 Å². The molecule has 0 amide bonds. The first-order chi connectivity index (χ1) is 12.7. The number of piperidine rings is 1. The van der Waals surface area contributed by atoms with Crippen LogP contribution in [0, 0.1) is 0 Å². The van der Waals surface area contributed by atoms with E-state index in [0.717, 1.165) is 29.0 Å². The number of benzene rings is 2. The first-order valence-electron chi connectivity index (χ1n) is 9.18. The van der Waals surface area contributed by atoms with E-state index in [1.54, 1.807) is 12.1 Å². The van der Waals surface area contributed by atoms with Crippen molar-refractivity contribution in [3.8, 4) is 11.4 Å². The molecule has 0 unspecified atom stereocenters. The SMILES string of the molecule is O=C(CO)c1ccc2nc(-c3cccc(CN4CCCCC4)c3)[nH]c2c1. The maximum atomic E-state index is 11.7. The Hall–Kier alpha value is -2.50. The van der Waals surface area contributed by atoms with Crippen LogP contribution in [0.1, 0.15) is 35.2 Å². The van der Waals surface area contributed by atoms with E-state index < -0.39 is 6.61 Å². The van der Waals surface area contributed by atoms with Crippen molar-refractivity contribution >= 4 is 16.8 Å². The summed E-state index contributed by atoms with van der Waals surface area (Å²) in [4.78, 5) is 22.1. The fraction of sp³-hybridized carbons (Fsp3) is 0.333. The lowest BCUT2D eigenvalue weighted by Gasteiger charge is -2.26. The Labute approximate surface area is 152 Å². The van der Waals surface area contributed by atoms with Gasteiger partial charge in [0.2, 0.25) is 0 Å². The highest BCUT2D eigenvalue weighted by molar-refractivity contribution is 5.99. The van der Waals surface area contributed by atoms with Crippen LogP contribution in [0.5, 0.6) is 0 Å². The van der Waals surface area contributed by atoms with Gasteiger partial charge in [0.15, 0.2) is 5.78 Å². The van der Waals surface area contributed by atoms with Crippen LogP contribution < -0.4 is 0 Å². The summed E-state index contributed by atoms with van der Waals surface area (Å²) in [6, 6.07) is 13.8. The van der Waals surface area contributed by atoms with E-state index in [-0.39, 0.29) is 5.78 Å². The fourth-order valence-corrected chi connectivity index (χ4v) is 3.60. The quantitative estimate of drug-likeness (QED) is 0.693. The molecule has 26 heavy (non-hydrogen) atoms. The first-order valence-corrected chi connectivity index (χ1v) is 9.18. The Balaban J connectivity index is 1.60. The van der Waals surface area contributed by atoms with Gasteiger partial charge in [-0.25, -0.2) is 4.98 Å². The summed E-state index contributed by atoms with van der Waals surface area (Å²) in [6.45, 7) is 2.85. The molecular formula is C21H23N3O2. The summed E-state index contributed by atoms with van der Waals surface area (Å²) in [5.41, 5.74) is 4.46. The van der Waals surface area contributed by atoms with Gasteiger partial charge in [0.1, 0.15) is 12.4 Å². The van der Waals surface area contributed by atoms with E-state index >= 15 is 0 Å². The smallest absolute Gasteiger partial charge is 0.188 e. The molecule has 1 fully saturated rings. The van der Waals surface area contributed by atoms with Gasteiger partial charge in [-0.15, -0.1) is 0 Å². The number of aliphatic hydroxyl groups is 1. The zero-order valence-electron chi connectivity index (χ0n) is 14.7. The van der Waals surface area contributed by atoms with E-state index in [9.17, 15) is 4.79 Å². The van der Waals surface area contributed by atoms with Gasteiger partial charge in [-0.1, -0.05) is 24.6 Å². The monoisotopic (exact) mass is 349 g/mol. The summed E-state index contributed by atoms with van der Waals surface area (Å²) in [7, 11) is 0. The minimum absolute atomic E-state index is 0.286. The molecule has 134 valence electrons. The van der Waals surface area contributed by atoms with Crippen molar-refractivity contribution in [1.29, 1.82) is 0 Å². The van der Waals surface area contributed by atoms with Crippen molar-refractivity contribution in [1.82, 2.24) is 14.9 Å². The van der Waals surface area contributed by atoms with Gasteiger partial charge >= 0.3 is 0 Å². The van der Waals surface area contributed by atoms with Crippen LogP contribution in [0.4, 0.5) is 0 Å². The number of hydrogen-bond acceptors (Lipinski definition) is 4. The predicted octanol–water partition coefficient (Wildman–Crippen LogP) is 3.39.